The van der Waals surface area contributed by atoms with Crippen LogP contribution in [-0.4, -0.2) is 47.3 Å². The van der Waals surface area contributed by atoms with Gasteiger partial charge in [0.1, 0.15) is 17.0 Å². The number of anilines is 2. The van der Waals surface area contributed by atoms with Gasteiger partial charge in [0.25, 0.3) is 10.0 Å². The van der Waals surface area contributed by atoms with Crippen LogP contribution in [0.15, 0.2) is 69.3 Å². The van der Waals surface area contributed by atoms with Gasteiger partial charge in [0.15, 0.2) is 5.75 Å². The summed E-state index contributed by atoms with van der Waals surface area (Å²) in [7, 11) is 1.42. The molecule has 0 unspecified atom stereocenters. The molecule has 1 N–H and O–H groups in total. The Morgan fingerprint density at radius 3 is 2.46 bits per heavy atom. The summed E-state index contributed by atoms with van der Waals surface area (Å²) in [5.41, 5.74) is 1.47. The topological polar surface area (TPSA) is 74.2 Å². The lowest BCUT2D eigenvalue weighted by atomic mass is 10.1. The molecule has 0 aliphatic heterocycles. The Morgan fingerprint density at radius 2 is 1.83 bits per heavy atom. The number of para-hydroxylation sites is 1. The molecule has 0 aliphatic carbocycles. The standard InChI is InChI=1S/C25H32N4O3S2.ClH/c1-5-6-14-26-22-16-20(18-29(4)24-13-10-15-33-24)17-23(34(30,31)27-19-28(2)3)25(22)32-21-11-8-7-9-12-21;/h7-13,15-17,19,26H,5-6,14,18H2,1-4H3;1H/b27-19-;. The fourth-order valence-corrected chi connectivity index (χ4v) is 5.05. The Hall–Kier alpha value is -2.75. The third kappa shape index (κ3) is 8.16. The number of rotatable bonds is 12. The van der Waals surface area contributed by atoms with E-state index in [2.05, 4.69) is 21.5 Å². The summed E-state index contributed by atoms with van der Waals surface area (Å²) in [5.74, 6) is 0.804. The molecule has 2 aromatic carbocycles. The van der Waals surface area contributed by atoms with Crippen LogP contribution in [0.5, 0.6) is 11.5 Å². The van der Waals surface area contributed by atoms with Gasteiger partial charge in [-0.2, -0.15) is 8.42 Å². The van der Waals surface area contributed by atoms with E-state index < -0.39 is 10.0 Å². The second-order valence-electron chi connectivity index (χ2n) is 8.13. The lowest BCUT2D eigenvalue weighted by molar-refractivity contribution is 0.469. The number of ether oxygens (including phenoxy) is 1. The van der Waals surface area contributed by atoms with Gasteiger partial charge in [-0.05, 0) is 53.8 Å². The molecule has 10 heteroatoms. The zero-order valence-corrected chi connectivity index (χ0v) is 22.9. The Labute approximate surface area is 218 Å². The first kappa shape index (κ1) is 28.5. The van der Waals surface area contributed by atoms with E-state index in [0.717, 1.165) is 23.4 Å². The van der Waals surface area contributed by atoms with Crippen LogP contribution in [0.25, 0.3) is 0 Å². The summed E-state index contributed by atoms with van der Waals surface area (Å²) in [5, 5.41) is 6.51. The number of unbranched alkanes of at least 4 members (excludes halogenated alkanes) is 1. The van der Waals surface area contributed by atoms with Crippen LogP contribution in [0, 0.1) is 0 Å². The van der Waals surface area contributed by atoms with Crippen LogP contribution in [0.4, 0.5) is 10.7 Å². The van der Waals surface area contributed by atoms with Crippen LogP contribution >= 0.6 is 23.7 Å². The Morgan fingerprint density at radius 1 is 1.09 bits per heavy atom. The maximum atomic E-state index is 13.4. The number of sulfonamides is 1. The lowest BCUT2D eigenvalue weighted by Gasteiger charge is -2.21. The minimum Gasteiger partial charge on any atom is -0.454 e. The van der Waals surface area contributed by atoms with Gasteiger partial charge < -0.3 is 19.9 Å². The zero-order valence-electron chi connectivity index (χ0n) is 20.5. The summed E-state index contributed by atoms with van der Waals surface area (Å²) < 4.78 is 36.8. The van der Waals surface area contributed by atoms with Crippen molar-refractivity contribution in [2.45, 2.75) is 31.2 Å². The van der Waals surface area contributed by atoms with Gasteiger partial charge in [-0.3, -0.25) is 0 Å². The molecular formula is C25H33ClN4O3S2. The Kier molecular flexibility index (Phi) is 10.9. The molecule has 0 fully saturated rings. The molecule has 3 aromatic rings. The molecule has 0 bridgehead atoms. The van der Waals surface area contributed by atoms with Crippen LogP contribution in [0.1, 0.15) is 25.3 Å². The van der Waals surface area contributed by atoms with Crippen LogP contribution in [-0.2, 0) is 16.6 Å². The molecule has 1 heterocycles. The molecule has 35 heavy (non-hydrogen) atoms. The highest BCUT2D eigenvalue weighted by molar-refractivity contribution is 7.90. The minimum atomic E-state index is -4.02. The molecule has 0 amide bonds. The molecular weight excluding hydrogens is 504 g/mol. The van der Waals surface area contributed by atoms with E-state index in [1.807, 2.05) is 48.8 Å². The summed E-state index contributed by atoms with van der Waals surface area (Å²) in [6, 6.07) is 16.8. The van der Waals surface area contributed by atoms with E-state index in [-0.39, 0.29) is 23.1 Å². The Bertz CT molecular complexity index is 1180. The molecule has 0 atom stereocenters. The average Bonchev–Trinajstić information content (AvgIpc) is 3.35. The molecule has 0 spiro atoms. The molecule has 0 saturated heterocycles. The monoisotopic (exact) mass is 536 g/mol. The van der Waals surface area contributed by atoms with E-state index >= 15 is 0 Å². The number of benzene rings is 2. The van der Waals surface area contributed by atoms with Gasteiger partial charge in [0, 0.05) is 34.2 Å². The van der Waals surface area contributed by atoms with Crippen molar-refractivity contribution in [1.82, 2.24) is 4.90 Å². The molecule has 3 rings (SSSR count). The first-order chi connectivity index (χ1) is 16.3. The lowest BCUT2D eigenvalue weighted by Crippen LogP contribution is -2.16. The van der Waals surface area contributed by atoms with E-state index in [1.54, 1.807) is 48.5 Å². The highest BCUT2D eigenvalue weighted by Gasteiger charge is 2.24. The van der Waals surface area contributed by atoms with Crippen LogP contribution in [0.2, 0.25) is 0 Å². The van der Waals surface area contributed by atoms with Gasteiger partial charge in [0.05, 0.1) is 10.7 Å². The number of thiophene rings is 1. The number of halogens is 1. The summed E-state index contributed by atoms with van der Waals surface area (Å²) in [4.78, 5) is 3.71. The van der Waals surface area contributed by atoms with Crippen molar-refractivity contribution in [3.63, 3.8) is 0 Å². The van der Waals surface area contributed by atoms with E-state index in [0.29, 0.717) is 24.5 Å². The van der Waals surface area contributed by atoms with Crippen LogP contribution in [0.3, 0.4) is 0 Å². The van der Waals surface area contributed by atoms with Crippen molar-refractivity contribution >= 4 is 50.8 Å². The maximum absolute atomic E-state index is 13.4. The molecule has 1 aromatic heterocycles. The summed E-state index contributed by atoms with van der Waals surface area (Å²) >= 11 is 1.64. The first-order valence-electron chi connectivity index (χ1n) is 11.2. The zero-order chi connectivity index (χ0) is 24.6. The van der Waals surface area contributed by atoms with Crippen molar-refractivity contribution < 1.29 is 13.2 Å². The predicted octanol–water partition coefficient (Wildman–Crippen LogP) is 6.09. The molecule has 0 saturated carbocycles. The number of nitrogens with one attached hydrogen (secondary N) is 1. The third-order valence-electron chi connectivity index (χ3n) is 4.92. The van der Waals surface area contributed by atoms with E-state index in [1.165, 1.54) is 6.34 Å². The fraction of sp³-hybridized carbons (Fsp3) is 0.320. The maximum Gasteiger partial charge on any atom is 0.287 e. The van der Waals surface area contributed by atoms with Gasteiger partial charge in [-0.1, -0.05) is 31.5 Å². The highest BCUT2D eigenvalue weighted by atomic mass is 35.5. The quantitative estimate of drug-likeness (QED) is 0.171. The van der Waals surface area contributed by atoms with E-state index in [9.17, 15) is 8.42 Å². The van der Waals surface area contributed by atoms with Crippen molar-refractivity contribution in [2.24, 2.45) is 4.40 Å². The smallest absolute Gasteiger partial charge is 0.287 e. The summed E-state index contributed by atoms with van der Waals surface area (Å²) in [6.07, 6.45) is 3.25. The van der Waals surface area contributed by atoms with Crippen molar-refractivity contribution in [1.29, 1.82) is 0 Å². The number of nitrogens with zero attached hydrogens (tertiary/aromatic N) is 3. The summed E-state index contributed by atoms with van der Waals surface area (Å²) in [6.45, 7) is 3.35. The fourth-order valence-electron chi connectivity index (χ4n) is 3.24. The third-order valence-corrected chi connectivity index (χ3v) is 7.13. The highest BCUT2D eigenvalue weighted by Crippen LogP contribution is 2.39. The average molecular weight is 537 g/mol. The first-order valence-corrected chi connectivity index (χ1v) is 13.5. The van der Waals surface area contributed by atoms with Crippen molar-refractivity contribution in [2.75, 3.05) is 37.9 Å². The normalized spacial score (nSPS) is 11.2. The minimum absolute atomic E-state index is 0. The molecule has 7 nitrogen and oxygen atoms in total. The van der Waals surface area contributed by atoms with Crippen LogP contribution < -0.4 is 15.0 Å². The predicted molar refractivity (Wildman–Crippen MR) is 149 cm³/mol. The largest absolute Gasteiger partial charge is 0.454 e. The second kappa shape index (κ2) is 13.4. The second-order valence-corrected chi connectivity index (χ2v) is 10.7. The molecule has 190 valence electrons. The SMILES string of the molecule is CCCCNc1cc(CN(C)c2cccs2)cc(S(=O)(=O)/N=C\N(C)C)c1Oc1ccccc1.Cl. The number of hydrogen-bond donors (Lipinski definition) is 1. The van der Waals surface area contributed by atoms with Crippen molar-refractivity contribution in [3.05, 3.63) is 65.5 Å². The van der Waals surface area contributed by atoms with Gasteiger partial charge in [0.2, 0.25) is 0 Å². The molecule has 0 aliphatic rings. The van der Waals surface area contributed by atoms with Gasteiger partial charge in [-0.15, -0.1) is 28.1 Å². The van der Waals surface area contributed by atoms with Gasteiger partial charge in [-0.25, -0.2) is 0 Å². The van der Waals surface area contributed by atoms with Crippen molar-refractivity contribution in [3.8, 4) is 11.5 Å². The molecule has 0 radical (unpaired) electrons. The number of hydrogen-bond acceptors (Lipinski definition) is 6. The Balaban J connectivity index is 0.00000432. The van der Waals surface area contributed by atoms with E-state index in [4.69, 9.17) is 4.74 Å². The van der Waals surface area contributed by atoms with Gasteiger partial charge >= 0.3 is 0 Å².